The van der Waals surface area contributed by atoms with Crippen LogP contribution in [-0.4, -0.2) is 61.1 Å². The number of nitrogens with zero attached hydrogens (tertiary/aromatic N) is 1. The van der Waals surface area contributed by atoms with Crippen LogP contribution in [0.1, 0.15) is 12.8 Å². The predicted molar refractivity (Wildman–Crippen MR) is 69.8 cm³/mol. The molecule has 0 aromatic heterocycles. The minimum atomic E-state index is -1.36. The second-order valence-electron chi connectivity index (χ2n) is 3.82. The molecule has 0 radical (unpaired) electrons. The SMILES string of the molecule is CO[SiH](CCCCN(CCN)CCN)OC. The van der Waals surface area contributed by atoms with Crippen molar-refractivity contribution in [1.29, 1.82) is 0 Å². The summed E-state index contributed by atoms with van der Waals surface area (Å²) in [6.07, 6.45) is 2.32. The third-order valence-electron chi connectivity index (χ3n) is 2.58. The van der Waals surface area contributed by atoms with E-state index in [1.54, 1.807) is 14.2 Å². The molecule has 0 aromatic carbocycles. The van der Waals surface area contributed by atoms with Crippen molar-refractivity contribution in [3.8, 4) is 0 Å². The second kappa shape index (κ2) is 11.5. The highest BCUT2D eigenvalue weighted by molar-refractivity contribution is 6.44. The molecule has 0 aliphatic carbocycles. The molecule has 0 spiro atoms. The molecule has 0 atom stereocenters. The van der Waals surface area contributed by atoms with E-state index >= 15 is 0 Å². The van der Waals surface area contributed by atoms with Crippen molar-refractivity contribution in [3.05, 3.63) is 0 Å². The first-order valence-electron chi connectivity index (χ1n) is 5.96. The van der Waals surface area contributed by atoms with Crippen LogP contribution in [0.4, 0.5) is 0 Å². The molecular formula is C10H27N3O2Si. The fourth-order valence-electron chi connectivity index (χ4n) is 1.68. The van der Waals surface area contributed by atoms with Crippen LogP contribution in [0.25, 0.3) is 0 Å². The van der Waals surface area contributed by atoms with E-state index in [1.165, 1.54) is 0 Å². The van der Waals surface area contributed by atoms with Crippen molar-refractivity contribution in [3.63, 3.8) is 0 Å². The Labute approximate surface area is 101 Å². The summed E-state index contributed by atoms with van der Waals surface area (Å²) in [4.78, 5) is 2.32. The summed E-state index contributed by atoms with van der Waals surface area (Å²) >= 11 is 0. The second-order valence-corrected chi connectivity index (χ2v) is 6.20. The lowest BCUT2D eigenvalue weighted by Gasteiger charge is -2.20. The van der Waals surface area contributed by atoms with Crippen LogP contribution >= 0.6 is 0 Å². The molecule has 4 N–H and O–H groups in total. The smallest absolute Gasteiger partial charge is 0.320 e. The quantitative estimate of drug-likeness (QED) is 0.381. The number of hydrogen-bond acceptors (Lipinski definition) is 5. The van der Waals surface area contributed by atoms with Gasteiger partial charge >= 0.3 is 9.28 Å². The highest BCUT2D eigenvalue weighted by Gasteiger charge is 2.09. The Hall–Kier alpha value is 0.0169. The van der Waals surface area contributed by atoms with Crippen molar-refractivity contribution in [2.45, 2.75) is 18.9 Å². The average molecular weight is 249 g/mol. The third kappa shape index (κ3) is 8.20. The Morgan fingerprint density at radius 1 is 0.938 bits per heavy atom. The van der Waals surface area contributed by atoms with Gasteiger partial charge in [0.25, 0.3) is 0 Å². The Bertz CT molecular complexity index is 142. The van der Waals surface area contributed by atoms with Gasteiger partial charge in [-0.3, -0.25) is 0 Å². The molecule has 0 aliphatic rings. The van der Waals surface area contributed by atoms with Crippen molar-refractivity contribution >= 4 is 9.28 Å². The van der Waals surface area contributed by atoms with Crippen molar-refractivity contribution < 1.29 is 8.85 Å². The van der Waals surface area contributed by atoms with E-state index in [0.717, 1.165) is 38.5 Å². The Morgan fingerprint density at radius 3 is 1.94 bits per heavy atom. The van der Waals surface area contributed by atoms with E-state index < -0.39 is 9.28 Å². The Kier molecular flexibility index (Phi) is 11.5. The Balaban J connectivity index is 3.52. The summed E-state index contributed by atoms with van der Waals surface area (Å²) in [7, 11) is 2.11. The largest absolute Gasteiger partial charge is 0.400 e. The van der Waals surface area contributed by atoms with E-state index in [4.69, 9.17) is 20.3 Å². The van der Waals surface area contributed by atoms with Crippen LogP contribution in [-0.2, 0) is 8.85 Å². The molecule has 0 saturated carbocycles. The van der Waals surface area contributed by atoms with Gasteiger partial charge in [0.1, 0.15) is 0 Å². The van der Waals surface area contributed by atoms with Crippen LogP contribution in [0, 0.1) is 0 Å². The molecule has 0 saturated heterocycles. The van der Waals surface area contributed by atoms with Gasteiger partial charge in [0, 0.05) is 40.4 Å². The molecule has 98 valence electrons. The van der Waals surface area contributed by atoms with Crippen molar-refractivity contribution in [1.82, 2.24) is 4.90 Å². The van der Waals surface area contributed by atoms with Crippen LogP contribution in [0.3, 0.4) is 0 Å². The van der Waals surface area contributed by atoms with Crippen LogP contribution in [0.5, 0.6) is 0 Å². The lowest BCUT2D eigenvalue weighted by molar-refractivity contribution is 0.267. The fraction of sp³-hybridized carbons (Fsp3) is 1.00. The fourth-order valence-corrected chi connectivity index (χ4v) is 2.96. The number of rotatable bonds is 11. The maximum absolute atomic E-state index is 5.54. The highest BCUT2D eigenvalue weighted by atomic mass is 28.3. The van der Waals surface area contributed by atoms with E-state index in [1.807, 2.05) is 0 Å². The zero-order chi connectivity index (χ0) is 12.2. The summed E-state index contributed by atoms with van der Waals surface area (Å²) in [5.41, 5.74) is 11.1. The van der Waals surface area contributed by atoms with Crippen molar-refractivity contribution in [2.75, 3.05) is 46.9 Å². The minimum Gasteiger partial charge on any atom is -0.400 e. The summed E-state index contributed by atoms with van der Waals surface area (Å²) in [5, 5.41) is 0. The number of nitrogens with two attached hydrogens (primary N) is 2. The standard InChI is InChI=1S/C10H27N3O2Si/c1-14-16(15-2)10-4-3-7-13(8-5-11)9-6-12/h16H,3-12H2,1-2H3. The first-order valence-corrected chi connectivity index (χ1v) is 7.72. The van der Waals surface area contributed by atoms with Gasteiger partial charge in [-0.1, -0.05) is 6.42 Å². The van der Waals surface area contributed by atoms with Gasteiger partial charge in [0.2, 0.25) is 0 Å². The molecule has 16 heavy (non-hydrogen) atoms. The van der Waals surface area contributed by atoms with E-state index in [-0.39, 0.29) is 0 Å². The topological polar surface area (TPSA) is 73.7 Å². The molecule has 0 amide bonds. The van der Waals surface area contributed by atoms with Crippen LogP contribution in [0.15, 0.2) is 0 Å². The lowest BCUT2D eigenvalue weighted by atomic mass is 10.3. The molecule has 0 rings (SSSR count). The molecule has 0 heterocycles. The van der Waals surface area contributed by atoms with Crippen LogP contribution in [0.2, 0.25) is 6.04 Å². The number of unbranched alkanes of at least 4 members (excludes halogenated alkanes) is 1. The molecule has 0 aromatic rings. The van der Waals surface area contributed by atoms with Gasteiger partial charge in [0.15, 0.2) is 0 Å². The molecule has 0 fully saturated rings. The maximum Gasteiger partial charge on any atom is 0.320 e. The van der Waals surface area contributed by atoms with E-state index in [0.29, 0.717) is 13.1 Å². The molecule has 0 aliphatic heterocycles. The lowest BCUT2D eigenvalue weighted by Crippen LogP contribution is -2.34. The van der Waals surface area contributed by atoms with Gasteiger partial charge in [-0.05, 0) is 19.0 Å². The van der Waals surface area contributed by atoms with Gasteiger partial charge in [0.05, 0.1) is 0 Å². The number of hydrogen-bond donors (Lipinski definition) is 2. The van der Waals surface area contributed by atoms with Gasteiger partial charge in [-0.25, -0.2) is 0 Å². The predicted octanol–water partition coefficient (Wildman–Crippen LogP) is -0.501. The molecule has 5 nitrogen and oxygen atoms in total. The maximum atomic E-state index is 5.54. The summed E-state index contributed by atoms with van der Waals surface area (Å²) in [6, 6.07) is 1.08. The average Bonchev–Trinajstić information content (AvgIpc) is 2.30. The van der Waals surface area contributed by atoms with Crippen LogP contribution < -0.4 is 11.5 Å². The Morgan fingerprint density at radius 2 is 1.50 bits per heavy atom. The normalized spacial score (nSPS) is 11.6. The zero-order valence-electron chi connectivity index (χ0n) is 10.7. The summed E-state index contributed by atoms with van der Waals surface area (Å²) < 4.78 is 10.5. The first-order chi connectivity index (χ1) is 7.78. The van der Waals surface area contributed by atoms with Crippen molar-refractivity contribution in [2.24, 2.45) is 11.5 Å². The molecule has 0 unspecified atom stereocenters. The summed E-state index contributed by atoms with van der Waals surface area (Å²) in [5.74, 6) is 0. The highest BCUT2D eigenvalue weighted by Crippen LogP contribution is 2.04. The summed E-state index contributed by atoms with van der Waals surface area (Å²) in [6.45, 7) is 4.35. The van der Waals surface area contributed by atoms with Gasteiger partial charge in [-0.2, -0.15) is 0 Å². The molecular weight excluding hydrogens is 222 g/mol. The van der Waals surface area contributed by atoms with Gasteiger partial charge < -0.3 is 25.2 Å². The zero-order valence-corrected chi connectivity index (χ0v) is 11.8. The van der Waals surface area contributed by atoms with E-state index in [2.05, 4.69) is 4.90 Å². The van der Waals surface area contributed by atoms with E-state index in [9.17, 15) is 0 Å². The first kappa shape index (κ1) is 16.0. The molecule has 6 heteroatoms. The van der Waals surface area contributed by atoms with Gasteiger partial charge in [-0.15, -0.1) is 0 Å². The third-order valence-corrected chi connectivity index (χ3v) is 4.51. The molecule has 0 bridgehead atoms. The minimum absolute atomic E-state index is 0.702. The monoisotopic (exact) mass is 249 g/mol.